The summed E-state index contributed by atoms with van der Waals surface area (Å²) in [6, 6.07) is 13.4. The van der Waals surface area contributed by atoms with Crippen LogP contribution in [0.25, 0.3) is 0 Å². The first-order chi connectivity index (χ1) is 11.2. The predicted molar refractivity (Wildman–Crippen MR) is 88.4 cm³/mol. The SMILES string of the molecule is C[C@@H]1CN(C(=O)c2ccc(OCc3ccccn3)cc2)CCN1. The Balaban J connectivity index is 1.59. The fourth-order valence-corrected chi connectivity index (χ4v) is 2.63. The Kier molecular flexibility index (Phi) is 4.88. The summed E-state index contributed by atoms with van der Waals surface area (Å²) in [6.45, 7) is 4.85. The van der Waals surface area contributed by atoms with E-state index in [0.29, 0.717) is 18.2 Å². The quantitative estimate of drug-likeness (QED) is 0.939. The molecule has 0 unspecified atom stereocenters. The van der Waals surface area contributed by atoms with Gasteiger partial charge in [-0.05, 0) is 43.3 Å². The number of hydrogen-bond acceptors (Lipinski definition) is 4. The van der Waals surface area contributed by atoms with Crippen LogP contribution in [-0.2, 0) is 6.61 Å². The Morgan fingerprint density at radius 3 is 2.83 bits per heavy atom. The molecule has 1 saturated heterocycles. The number of benzene rings is 1. The van der Waals surface area contributed by atoms with Crippen LogP contribution < -0.4 is 10.1 Å². The Hall–Kier alpha value is -2.40. The van der Waals surface area contributed by atoms with E-state index in [0.717, 1.165) is 31.1 Å². The lowest BCUT2D eigenvalue weighted by Crippen LogP contribution is -2.51. The Labute approximate surface area is 136 Å². The number of aromatic nitrogens is 1. The molecule has 0 spiro atoms. The highest BCUT2D eigenvalue weighted by Crippen LogP contribution is 2.15. The zero-order chi connectivity index (χ0) is 16.1. The normalized spacial score (nSPS) is 17.8. The van der Waals surface area contributed by atoms with Crippen LogP contribution in [0.4, 0.5) is 0 Å². The molecule has 1 fully saturated rings. The molecule has 5 heteroatoms. The maximum absolute atomic E-state index is 12.5. The minimum Gasteiger partial charge on any atom is -0.487 e. The summed E-state index contributed by atoms with van der Waals surface area (Å²) in [5.41, 5.74) is 1.58. The fourth-order valence-electron chi connectivity index (χ4n) is 2.63. The minimum atomic E-state index is 0.0784. The minimum absolute atomic E-state index is 0.0784. The number of hydrogen-bond donors (Lipinski definition) is 1. The van der Waals surface area contributed by atoms with Crippen molar-refractivity contribution >= 4 is 5.91 Å². The number of amides is 1. The molecule has 3 rings (SSSR count). The van der Waals surface area contributed by atoms with Crippen LogP contribution in [0, 0.1) is 0 Å². The molecule has 1 amide bonds. The molecule has 0 saturated carbocycles. The highest BCUT2D eigenvalue weighted by Gasteiger charge is 2.21. The second-order valence-corrected chi connectivity index (χ2v) is 5.74. The van der Waals surface area contributed by atoms with Gasteiger partial charge in [-0.25, -0.2) is 0 Å². The van der Waals surface area contributed by atoms with Crippen LogP contribution in [0.1, 0.15) is 23.0 Å². The third kappa shape index (κ3) is 4.07. The highest BCUT2D eigenvalue weighted by atomic mass is 16.5. The van der Waals surface area contributed by atoms with E-state index in [-0.39, 0.29) is 5.91 Å². The Bertz CT molecular complexity index is 643. The van der Waals surface area contributed by atoms with Gasteiger partial charge in [0, 0.05) is 37.4 Å². The Morgan fingerprint density at radius 2 is 2.13 bits per heavy atom. The lowest BCUT2D eigenvalue weighted by atomic mass is 10.1. The van der Waals surface area contributed by atoms with Crippen molar-refractivity contribution in [2.75, 3.05) is 19.6 Å². The van der Waals surface area contributed by atoms with Gasteiger partial charge in [-0.1, -0.05) is 6.07 Å². The van der Waals surface area contributed by atoms with Crippen molar-refractivity contribution in [2.45, 2.75) is 19.6 Å². The van der Waals surface area contributed by atoms with Crippen LogP contribution in [0.15, 0.2) is 48.7 Å². The van der Waals surface area contributed by atoms with Crippen molar-refractivity contribution in [3.05, 3.63) is 59.9 Å². The zero-order valence-electron chi connectivity index (χ0n) is 13.2. The standard InChI is InChI=1S/C18H21N3O2/c1-14-12-21(11-10-19-14)18(22)15-5-7-17(8-6-15)23-13-16-4-2-3-9-20-16/h2-9,14,19H,10-13H2,1H3/t14-/m1/s1. The molecular weight excluding hydrogens is 290 g/mol. The van der Waals surface area contributed by atoms with Crippen molar-refractivity contribution in [3.8, 4) is 5.75 Å². The summed E-state index contributed by atoms with van der Waals surface area (Å²) in [5.74, 6) is 0.815. The number of ether oxygens (including phenoxy) is 1. The largest absolute Gasteiger partial charge is 0.487 e. The topological polar surface area (TPSA) is 54.5 Å². The van der Waals surface area contributed by atoms with Crippen molar-refractivity contribution in [1.29, 1.82) is 0 Å². The molecule has 5 nitrogen and oxygen atoms in total. The van der Waals surface area contributed by atoms with Gasteiger partial charge in [-0.15, -0.1) is 0 Å². The molecule has 120 valence electrons. The molecule has 1 atom stereocenters. The molecule has 1 aliphatic rings. The maximum Gasteiger partial charge on any atom is 0.253 e. The molecule has 0 bridgehead atoms. The number of pyridine rings is 1. The van der Waals surface area contributed by atoms with Crippen molar-refractivity contribution in [2.24, 2.45) is 0 Å². The summed E-state index contributed by atoms with van der Waals surface area (Å²) in [4.78, 5) is 18.6. The average Bonchev–Trinajstić information content (AvgIpc) is 2.61. The summed E-state index contributed by atoms with van der Waals surface area (Å²) in [5, 5.41) is 3.34. The molecule has 2 aromatic rings. The molecule has 1 aromatic heterocycles. The monoisotopic (exact) mass is 311 g/mol. The van der Waals surface area contributed by atoms with Gasteiger partial charge in [0.15, 0.2) is 0 Å². The zero-order valence-corrected chi connectivity index (χ0v) is 13.2. The highest BCUT2D eigenvalue weighted by molar-refractivity contribution is 5.94. The smallest absolute Gasteiger partial charge is 0.253 e. The first-order valence-corrected chi connectivity index (χ1v) is 7.88. The van der Waals surface area contributed by atoms with Crippen LogP contribution >= 0.6 is 0 Å². The summed E-state index contributed by atoms with van der Waals surface area (Å²) in [6.07, 6.45) is 1.74. The van der Waals surface area contributed by atoms with Gasteiger partial charge in [-0.2, -0.15) is 0 Å². The van der Waals surface area contributed by atoms with E-state index in [2.05, 4.69) is 17.2 Å². The molecule has 1 aliphatic heterocycles. The molecule has 0 aliphatic carbocycles. The first-order valence-electron chi connectivity index (χ1n) is 7.88. The van der Waals surface area contributed by atoms with Crippen molar-refractivity contribution < 1.29 is 9.53 Å². The van der Waals surface area contributed by atoms with Gasteiger partial charge >= 0.3 is 0 Å². The predicted octanol–water partition coefficient (Wildman–Crippen LogP) is 2.09. The van der Waals surface area contributed by atoms with E-state index in [1.165, 1.54) is 0 Å². The average molecular weight is 311 g/mol. The number of rotatable bonds is 4. The van der Waals surface area contributed by atoms with Crippen LogP contribution in [-0.4, -0.2) is 41.5 Å². The number of carbonyl (C=O) groups is 1. The second kappa shape index (κ2) is 7.24. The van der Waals surface area contributed by atoms with E-state index in [1.807, 2.05) is 47.4 Å². The second-order valence-electron chi connectivity index (χ2n) is 5.74. The van der Waals surface area contributed by atoms with E-state index >= 15 is 0 Å². The lowest BCUT2D eigenvalue weighted by molar-refractivity contribution is 0.0709. The first kappa shape index (κ1) is 15.5. The van der Waals surface area contributed by atoms with Crippen LogP contribution in [0.5, 0.6) is 5.75 Å². The van der Waals surface area contributed by atoms with Crippen LogP contribution in [0.3, 0.4) is 0 Å². The third-order valence-corrected chi connectivity index (χ3v) is 3.87. The van der Waals surface area contributed by atoms with Crippen LogP contribution in [0.2, 0.25) is 0 Å². The molecule has 0 radical (unpaired) electrons. The maximum atomic E-state index is 12.5. The molecule has 23 heavy (non-hydrogen) atoms. The van der Waals surface area contributed by atoms with E-state index in [4.69, 9.17) is 4.74 Å². The summed E-state index contributed by atoms with van der Waals surface area (Å²) >= 11 is 0. The van der Waals surface area contributed by atoms with Gasteiger partial charge in [0.05, 0.1) is 5.69 Å². The number of nitrogens with zero attached hydrogens (tertiary/aromatic N) is 2. The van der Waals surface area contributed by atoms with Gasteiger partial charge in [0.1, 0.15) is 12.4 Å². The number of carbonyl (C=O) groups excluding carboxylic acids is 1. The van der Waals surface area contributed by atoms with Gasteiger partial charge in [0.2, 0.25) is 0 Å². The molecule has 1 N–H and O–H groups in total. The number of nitrogens with one attached hydrogen (secondary N) is 1. The van der Waals surface area contributed by atoms with Gasteiger partial charge in [-0.3, -0.25) is 9.78 Å². The molecule has 1 aromatic carbocycles. The summed E-state index contributed by atoms with van der Waals surface area (Å²) in [7, 11) is 0. The number of piperazine rings is 1. The van der Waals surface area contributed by atoms with Gasteiger partial charge in [0.25, 0.3) is 5.91 Å². The fraction of sp³-hybridized carbons (Fsp3) is 0.333. The van der Waals surface area contributed by atoms with E-state index in [9.17, 15) is 4.79 Å². The third-order valence-electron chi connectivity index (χ3n) is 3.87. The van der Waals surface area contributed by atoms with Crippen molar-refractivity contribution in [3.63, 3.8) is 0 Å². The Morgan fingerprint density at radius 1 is 1.30 bits per heavy atom. The van der Waals surface area contributed by atoms with E-state index < -0.39 is 0 Å². The molecular formula is C18H21N3O2. The van der Waals surface area contributed by atoms with E-state index in [1.54, 1.807) is 6.20 Å². The lowest BCUT2D eigenvalue weighted by Gasteiger charge is -2.32. The van der Waals surface area contributed by atoms with Crippen molar-refractivity contribution in [1.82, 2.24) is 15.2 Å². The molecule has 2 heterocycles. The summed E-state index contributed by atoms with van der Waals surface area (Å²) < 4.78 is 5.69. The van der Waals surface area contributed by atoms with Gasteiger partial charge < -0.3 is 15.0 Å².